The van der Waals surface area contributed by atoms with Crippen LogP contribution in [0.25, 0.3) is 0 Å². The Kier molecular flexibility index (Phi) is 5.78. The van der Waals surface area contributed by atoms with Gasteiger partial charge in [-0.05, 0) is 5.56 Å². The van der Waals surface area contributed by atoms with Gasteiger partial charge < -0.3 is 14.8 Å². The molecule has 2 N–H and O–H groups in total. The summed E-state index contributed by atoms with van der Waals surface area (Å²) in [6, 6.07) is 10.5. The molecule has 132 valence electrons. The third-order valence-electron chi connectivity index (χ3n) is 4.08. The van der Waals surface area contributed by atoms with Crippen molar-refractivity contribution in [1.82, 2.24) is 10.2 Å². The molecule has 1 atom stereocenters. The molecule has 1 saturated heterocycles. The highest BCUT2D eigenvalue weighted by Crippen LogP contribution is 2.24. The van der Waals surface area contributed by atoms with Crippen LogP contribution in [0.1, 0.15) is 17.4 Å². The van der Waals surface area contributed by atoms with Gasteiger partial charge in [-0.25, -0.2) is 0 Å². The number of nitrogens with zero attached hydrogens (tertiary/aromatic N) is 1. The number of rotatable bonds is 5. The van der Waals surface area contributed by atoms with Crippen LogP contribution in [-0.2, 0) is 11.3 Å². The Labute approximate surface area is 149 Å². The van der Waals surface area contributed by atoms with Crippen LogP contribution in [0.15, 0.2) is 51.9 Å². The quantitative estimate of drug-likeness (QED) is 0.845. The molecule has 6 nitrogen and oxygen atoms in total. The first kappa shape index (κ1) is 17.6. The fraction of sp³-hybridized carbons (Fsp3) is 0.333. The standard InChI is InChI=1S/C18H20N2O4S/c21-15-10-14(24-12-16(15)22)11-19-18(23)17(13-4-2-1-3-5-13)20-6-8-25-9-7-20/h1-5,10,12,17,22H,6-9,11H2,(H,19,23). The van der Waals surface area contributed by atoms with Gasteiger partial charge in [0.1, 0.15) is 18.1 Å². The molecule has 1 fully saturated rings. The van der Waals surface area contributed by atoms with Gasteiger partial charge in [-0.3, -0.25) is 14.5 Å². The SMILES string of the molecule is O=C(NCc1cc(=O)c(O)co1)C(c1ccccc1)N1CCSCC1. The van der Waals surface area contributed by atoms with Crippen molar-refractivity contribution in [3.63, 3.8) is 0 Å². The smallest absolute Gasteiger partial charge is 0.242 e. The van der Waals surface area contributed by atoms with Crippen LogP contribution in [0.5, 0.6) is 5.75 Å². The summed E-state index contributed by atoms with van der Waals surface area (Å²) in [5, 5.41) is 12.1. The molecule has 1 aromatic carbocycles. The number of aromatic hydroxyl groups is 1. The third-order valence-corrected chi connectivity index (χ3v) is 5.02. The Hall–Kier alpha value is -2.25. The van der Waals surface area contributed by atoms with Crippen LogP contribution in [0.2, 0.25) is 0 Å². The number of thioether (sulfide) groups is 1. The zero-order valence-electron chi connectivity index (χ0n) is 13.7. The fourth-order valence-corrected chi connectivity index (χ4v) is 3.74. The van der Waals surface area contributed by atoms with E-state index in [1.54, 1.807) is 0 Å². The Bertz CT molecular complexity index is 772. The second kappa shape index (κ2) is 8.22. The van der Waals surface area contributed by atoms with Gasteiger partial charge in [-0.2, -0.15) is 11.8 Å². The molecule has 2 aromatic rings. The van der Waals surface area contributed by atoms with Gasteiger partial charge >= 0.3 is 0 Å². The highest BCUT2D eigenvalue weighted by molar-refractivity contribution is 7.99. The van der Waals surface area contributed by atoms with Crippen molar-refractivity contribution in [2.75, 3.05) is 24.6 Å². The lowest BCUT2D eigenvalue weighted by atomic mass is 10.0. The number of nitrogens with one attached hydrogen (secondary N) is 1. The van der Waals surface area contributed by atoms with E-state index in [2.05, 4.69) is 10.2 Å². The molecule has 0 bridgehead atoms. The number of hydrogen-bond acceptors (Lipinski definition) is 6. The van der Waals surface area contributed by atoms with Crippen LogP contribution in [0.3, 0.4) is 0 Å². The molecule has 1 unspecified atom stereocenters. The maximum absolute atomic E-state index is 12.8. The minimum atomic E-state index is -0.525. The van der Waals surface area contributed by atoms with Crippen LogP contribution >= 0.6 is 11.8 Å². The summed E-state index contributed by atoms with van der Waals surface area (Å²) >= 11 is 1.89. The highest BCUT2D eigenvalue weighted by Gasteiger charge is 2.28. The van der Waals surface area contributed by atoms with E-state index in [4.69, 9.17) is 4.42 Å². The highest BCUT2D eigenvalue weighted by atomic mass is 32.2. The van der Waals surface area contributed by atoms with E-state index in [-0.39, 0.29) is 18.5 Å². The first-order valence-electron chi connectivity index (χ1n) is 8.10. The lowest BCUT2D eigenvalue weighted by Gasteiger charge is -2.33. The predicted molar refractivity (Wildman–Crippen MR) is 96.6 cm³/mol. The monoisotopic (exact) mass is 360 g/mol. The zero-order valence-corrected chi connectivity index (χ0v) is 14.5. The van der Waals surface area contributed by atoms with Gasteiger partial charge in [0.25, 0.3) is 0 Å². The van der Waals surface area contributed by atoms with E-state index in [9.17, 15) is 14.7 Å². The lowest BCUT2D eigenvalue weighted by Crippen LogP contribution is -2.44. The van der Waals surface area contributed by atoms with Gasteiger partial charge in [-0.15, -0.1) is 0 Å². The number of benzene rings is 1. The van der Waals surface area contributed by atoms with Crippen molar-refractivity contribution >= 4 is 17.7 Å². The Balaban J connectivity index is 1.74. The van der Waals surface area contributed by atoms with Crippen molar-refractivity contribution in [2.45, 2.75) is 12.6 Å². The van der Waals surface area contributed by atoms with Crippen molar-refractivity contribution in [3.05, 3.63) is 64.2 Å². The first-order valence-corrected chi connectivity index (χ1v) is 9.26. The second-order valence-corrected chi connectivity index (χ2v) is 7.00. The largest absolute Gasteiger partial charge is 0.502 e. The van der Waals surface area contributed by atoms with Crippen LogP contribution in [-0.4, -0.2) is 40.5 Å². The molecule has 2 heterocycles. The predicted octanol–water partition coefficient (Wildman–Crippen LogP) is 1.75. The lowest BCUT2D eigenvalue weighted by molar-refractivity contribution is -0.126. The van der Waals surface area contributed by atoms with Gasteiger partial charge in [-0.1, -0.05) is 30.3 Å². The van der Waals surface area contributed by atoms with Crippen LogP contribution in [0.4, 0.5) is 0 Å². The van der Waals surface area contributed by atoms with E-state index in [0.29, 0.717) is 5.76 Å². The van der Waals surface area contributed by atoms with Gasteiger partial charge in [0.05, 0.1) is 6.54 Å². The molecular formula is C18H20N2O4S. The second-order valence-electron chi connectivity index (χ2n) is 5.78. The normalized spacial score (nSPS) is 16.3. The molecule has 25 heavy (non-hydrogen) atoms. The molecule has 0 radical (unpaired) electrons. The number of hydrogen-bond donors (Lipinski definition) is 2. The van der Waals surface area contributed by atoms with Crippen molar-refractivity contribution < 1.29 is 14.3 Å². The van der Waals surface area contributed by atoms with E-state index >= 15 is 0 Å². The maximum atomic E-state index is 12.8. The van der Waals surface area contributed by atoms with Crippen molar-refractivity contribution in [1.29, 1.82) is 0 Å². The molecule has 1 aromatic heterocycles. The molecular weight excluding hydrogens is 340 g/mol. The minimum absolute atomic E-state index is 0.0975. The molecule has 1 amide bonds. The third kappa shape index (κ3) is 4.43. The van der Waals surface area contributed by atoms with E-state index in [0.717, 1.165) is 36.4 Å². The fourth-order valence-electron chi connectivity index (χ4n) is 2.81. The number of carbonyl (C=O) groups excluding carboxylic acids is 1. The van der Waals surface area contributed by atoms with Crippen molar-refractivity contribution in [3.8, 4) is 5.75 Å². The van der Waals surface area contributed by atoms with E-state index in [1.165, 1.54) is 6.07 Å². The molecule has 0 spiro atoms. The Morgan fingerprint density at radius 2 is 2.00 bits per heavy atom. The number of amides is 1. The maximum Gasteiger partial charge on any atom is 0.242 e. The molecule has 0 saturated carbocycles. The summed E-state index contributed by atoms with van der Waals surface area (Å²) in [5.41, 5.74) is 0.419. The summed E-state index contributed by atoms with van der Waals surface area (Å²) < 4.78 is 5.14. The van der Waals surface area contributed by atoms with Crippen molar-refractivity contribution in [2.24, 2.45) is 0 Å². The average Bonchev–Trinajstić information content (AvgIpc) is 2.65. The summed E-state index contributed by atoms with van der Waals surface area (Å²) in [4.78, 5) is 26.5. The van der Waals surface area contributed by atoms with Gasteiger partial charge in [0, 0.05) is 30.7 Å². The summed E-state index contributed by atoms with van der Waals surface area (Å²) in [7, 11) is 0. The minimum Gasteiger partial charge on any atom is -0.502 e. The average molecular weight is 360 g/mol. The Morgan fingerprint density at radius 1 is 1.28 bits per heavy atom. The molecule has 3 rings (SSSR count). The topological polar surface area (TPSA) is 82.8 Å². The summed E-state index contributed by atoms with van der Waals surface area (Å²) in [6.45, 7) is 1.80. The van der Waals surface area contributed by atoms with E-state index in [1.807, 2.05) is 42.1 Å². The number of carbonyl (C=O) groups is 1. The van der Waals surface area contributed by atoms with Gasteiger partial charge in [0.2, 0.25) is 11.3 Å². The molecule has 7 heteroatoms. The summed E-state index contributed by atoms with van der Waals surface area (Å²) in [5.74, 6) is 1.74. The van der Waals surface area contributed by atoms with Gasteiger partial charge in [0.15, 0.2) is 5.75 Å². The Morgan fingerprint density at radius 3 is 2.68 bits per heavy atom. The van der Waals surface area contributed by atoms with E-state index < -0.39 is 11.2 Å². The summed E-state index contributed by atoms with van der Waals surface area (Å²) in [6.07, 6.45) is 0.986. The van der Waals surface area contributed by atoms with Crippen LogP contribution < -0.4 is 10.7 Å². The first-order chi connectivity index (χ1) is 12.1. The van der Waals surface area contributed by atoms with Crippen LogP contribution in [0, 0.1) is 0 Å². The zero-order chi connectivity index (χ0) is 17.6. The molecule has 1 aliphatic rings. The molecule has 0 aliphatic carbocycles. The molecule has 1 aliphatic heterocycles.